The third-order valence-corrected chi connectivity index (χ3v) is 2.77. The molecule has 0 radical (unpaired) electrons. The molecule has 0 fully saturated rings. The second-order valence-corrected chi connectivity index (χ2v) is 4.71. The van der Waals surface area contributed by atoms with Crippen molar-refractivity contribution >= 4 is 5.97 Å². The lowest BCUT2D eigenvalue weighted by Gasteiger charge is -2.14. The van der Waals surface area contributed by atoms with Crippen molar-refractivity contribution in [2.24, 2.45) is 0 Å². The van der Waals surface area contributed by atoms with E-state index in [-0.39, 0.29) is 12.3 Å². The normalized spacial score (nSPS) is 11.7. The highest BCUT2D eigenvalue weighted by Gasteiger charge is 2.30. The van der Waals surface area contributed by atoms with Gasteiger partial charge in [0.05, 0.1) is 18.7 Å². The van der Waals surface area contributed by atoms with Gasteiger partial charge in [0, 0.05) is 0 Å². The van der Waals surface area contributed by atoms with Crippen LogP contribution in [0.2, 0.25) is 0 Å². The maximum Gasteiger partial charge on any atom is 0.416 e. The Bertz CT molecular complexity index is 463. The topological polar surface area (TPSA) is 49.8 Å². The van der Waals surface area contributed by atoms with Crippen molar-refractivity contribution in [1.82, 2.24) is 4.90 Å². The molecule has 0 saturated carbocycles. The number of aliphatic carboxylic acids is 1. The molecule has 1 N–H and O–H groups in total. The number of rotatable bonds is 8. The minimum Gasteiger partial charge on any atom is -0.494 e. The lowest BCUT2D eigenvalue weighted by Crippen LogP contribution is -2.26. The fourth-order valence-electron chi connectivity index (χ4n) is 1.75. The molecule has 4 nitrogen and oxygen atoms in total. The van der Waals surface area contributed by atoms with Crippen molar-refractivity contribution in [3.63, 3.8) is 0 Å². The van der Waals surface area contributed by atoms with Crippen LogP contribution in [0, 0.1) is 0 Å². The summed E-state index contributed by atoms with van der Waals surface area (Å²) < 4.78 is 42.8. The molecule has 0 spiro atoms. The minimum absolute atomic E-state index is 0.0332. The third-order valence-electron chi connectivity index (χ3n) is 2.77. The number of unbranched alkanes of at least 4 members (excludes halogenated alkanes) is 1. The van der Waals surface area contributed by atoms with Gasteiger partial charge >= 0.3 is 12.1 Å². The van der Waals surface area contributed by atoms with Crippen LogP contribution in [0.5, 0.6) is 5.75 Å². The first-order valence-electron chi connectivity index (χ1n) is 6.49. The molecule has 1 rings (SSSR count). The number of carboxylic acid groups (broad SMARTS) is 1. The summed E-state index contributed by atoms with van der Waals surface area (Å²) >= 11 is 0. The Labute approximate surface area is 121 Å². The summed E-state index contributed by atoms with van der Waals surface area (Å²) in [6.45, 7) is 0.856. The van der Waals surface area contributed by atoms with Crippen LogP contribution in [0.4, 0.5) is 13.2 Å². The summed E-state index contributed by atoms with van der Waals surface area (Å²) in [6, 6.07) is 4.74. The van der Waals surface area contributed by atoms with Gasteiger partial charge in [-0.05, 0) is 44.6 Å². The molecule has 0 unspecified atom stereocenters. The number of ether oxygens (including phenoxy) is 1. The van der Waals surface area contributed by atoms with E-state index in [0.717, 1.165) is 12.1 Å². The summed E-state index contributed by atoms with van der Waals surface area (Å²) in [5.41, 5.74) is -0.735. The van der Waals surface area contributed by atoms with E-state index in [2.05, 4.69) is 0 Å². The molecule has 118 valence electrons. The van der Waals surface area contributed by atoms with E-state index in [1.807, 2.05) is 0 Å². The molecule has 0 amide bonds. The SMILES string of the molecule is CN(CCCCOc1cccc(C(F)(F)F)c1)CC(=O)O. The van der Waals surface area contributed by atoms with Crippen LogP contribution in [-0.4, -0.2) is 42.7 Å². The zero-order valence-corrected chi connectivity index (χ0v) is 11.7. The lowest BCUT2D eigenvalue weighted by atomic mass is 10.2. The summed E-state index contributed by atoms with van der Waals surface area (Å²) in [5.74, 6) is -0.707. The van der Waals surface area contributed by atoms with Gasteiger partial charge in [0.15, 0.2) is 0 Å². The van der Waals surface area contributed by atoms with Gasteiger partial charge in [-0.25, -0.2) is 0 Å². The number of hydrogen-bond acceptors (Lipinski definition) is 3. The Morgan fingerprint density at radius 2 is 2.05 bits per heavy atom. The smallest absolute Gasteiger partial charge is 0.416 e. The molecule has 0 aliphatic carbocycles. The van der Waals surface area contributed by atoms with Gasteiger partial charge in [-0.3, -0.25) is 9.69 Å². The largest absolute Gasteiger partial charge is 0.494 e. The number of carboxylic acids is 1. The third kappa shape index (κ3) is 6.99. The highest BCUT2D eigenvalue weighted by Crippen LogP contribution is 2.31. The molecule has 0 atom stereocenters. The second-order valence-electron chi connectivity index (χ2n) is 4.71. The number of halogens is 3. The highest BCUT2D eigenvalue weighted by atomic mass is 19.4. The van der Waals surface area contributed by atoms with Crippen LogP contribution in [0.1, 0.15) is 18.4 Å². The standard InChI is InChI=1S/C14H18F3NO3/c1-18(10-13(19)20)7-2-3-8-21-12-6-4-5-11(9-12)14(15,16)17/h4-6,9H,2-3,7-8,10H2,1H3,(H,19,20). The van der Waals surface area contributed by atoms with Crippen molar-refractivity contribution < 1.29 is 27.8 Å². The van der Waals surface area contributed by atoms with Crippen LogP contribution in [0.15, 0.2) is 24.3 Å². The van der Waals surface area contributed by atoms with Crippen LogP contribution in [0.25, 0.3) is 0 Å². The van der Waals surface area contributed by atoms with E-state index in [1.165, 1.54) is 12.1 Å². The summed E-state index contributed by atoms with van der Waals surface area (Å²) in [5, 5.41) is 8.57. The molecule has 0 saturated heterocycles. The lowest BCUT2D eigenvalue weighted by molar-refractivity contribution is -0.138. The van der Waals surface area contributed by atoms with E-state index < -0.39 is 17.7 Å². The van der Waals surface area contributed by atoms with E-state index in [4.69, 9.17) is 9.84 Å². The van der Waals surface area contributed by atoms with Gasteiger partial charge in [-0.2, -0.15) is 13.2 Å². The fraction of sp³-hybridized carbons (Fsp3) is 0.500. The zero-order chi connectivity index (χ0) is 15.9. The molecule has 1 aromatic rings. The van der Waals surface area contributed by atoms with E-state index in [9.17, 15) is 18.0 Å². The van der Waals surface area contributed by atoms with Gasteiger partial charge in [0.25, 0.3) is 0 Å². The molecular weight excluding hydrogens is 287 g/mol. The average molecular weight is 305 g/mol. The van der Waals surface area contributed by atoms with Gasteiger partial charge in [0.2, 0.25) is 0 Å². The molecule has 0 bridgehead atoms. The predicted molar refractivity (Wildman–Crippen MR) is 71.3 cm³/mol. The number of hydrogen-bond donors (Lipinski definition) is 1. The maximum absolute atomic E-state index is 12.5. The Morgan fingerprint density at radius 1 is 1.33 bits per heavy atom. The van der Waals surface area contributed by atoms with Gasteiger partial charge in [-0.1, -0.05) is 6.07 Å². The van der Waals surface area contributed by atoms with Crippen molar-refractivity contribution in [1.29, 1.82) is 0 Å². The first kappa shape index (κ1) is 17.3. The summed E-state index contributed by atoms with van der Waals surface area (Å²) in [6.07, 6.45) is -3.03. The summed E-state index contributed by atoms with van der Waals surface area (Å²) in [7, 11) is 1.70. The van der Waals surface area contributed by atoms with Crippen LogP contribution >= 0.6 is 0 Å². The van der Waals surface area contributed by atoms with Gasteiger partial charge in [0.1, 0.15) is 5.75 Å². The Kier molecular flexibility index (Phi) is 6.48. The molecule has 0 heterocycles. The monoisotopic (exact) mass is 305 g/mol. The Balaban J connectivity index is 2.29. The van der Waals surface area contributed by atoms with Crippen molar-refractivity contribution in [3.05, 3.63) is 29.8 Å². The Morgan fingerprint density at radius 3 is 2.67 bits per heavy atom. The second kappa shape index (κ2) is 7.87. The van der Waals surface area contributed by atoms with E-state index in [0.29, 0.717) is 26.0 Å². The molecule has 0 aliphatic heterocycles. The summed E-state index contributed by atoms with van der Waals surface area (Å²) in [4.78, 5) is 12.1. The zero-order valence-electron chi connectivity index (χ0n) is 11.7. The first-order valence-corrected chi connectivity index (χ1v) is 6.49. The van der Waals surface area contributed by atoms with Crippen molar-refractivity contribution in [2.75, 3.05) is 26.7 Å². The van der Waals surface area contributed by atoms with Crippen LogP contribution in [0.3, 0.4) is 0 Å². The average Bonchev–Trinajstić information content (AvgIpc) is 2.37. The van der Waals surface area contributed by atoms with Gasteiger partial charge < -0.3 is 9.84 Å². The molecule has 1 aromatic carbocycles. The van der Waals surface area contributed by atoms with E-state index >= 15 is 0 Å². The quantitative estimate of drug-likeness (QED) is 0.750. The van der Waals surface area contributed by atoms with Gasteiger partial charge in [-0.15, -0.1) is 0 Å². The minimum atomic E-state index is -4.38. The van der Waals surface area contributed by atoms with Crippen LogP contribution < -0.4 is 4.74 Å². The highest BCUT2D eigenvalue weighted by molar-refractivity contribution is 5.68. The van der Waals surface area contributed by atoms with Crippen molar-refractivity contribution in [3.8, 4) is 5.75 Å². The first-order chi connectivity index (χ1) is 9.79. The molecular formula is C14H18F3NO3. The number of benzene rings is 1. The van der Waals surface area contributed by atoms with Crippen molar-refractivity contribution in [2.45, 2.75) is 19.0 Å². The molecule has 0 aliphatic rings. The molecule has 21 heavy (non-hydrogen) atoms. The molecule has 0 aromatic heterocycles. The maximum atomic E-state index is 12.5. The number of alkyl halides is 3. The fourth-order valence-corrected chi connectivity index (χ4v) is 1.75. The van der Waals surface area contributed by atoms with Crippen LogP contribution in [-0.2, 0) is 11.0 Å². The van der Waals surface area contributed by atoms with E-state index in [1.54, 1.807) is 11.9 Å². The Hall–Kier alpha value is -1.76. The predicted octanol–water partition coefficient (Wildman–Crippen LogP) is 2.88. The number of likely N-dealkylation sites (N-methyl/N-ethyl adjacent to an activating group) is 1. The molecule has 7 heteroatoms. The number of nitrogens with zero attached hydrogens (tertiary/aromatic N) is 1. The number of carbonyl (C=O) groups is 1.